The number of hydrogen-bond donors (Lipinski definition) is 0. The number of ether oxygens (including phenoxy) is 1. The fourth-order valence-electron chi connectivity index (χ4n) is 1.11. The second kappa shape index (κ2) is 5.01. The first-order chi connectivity index (χ1) is 6.63. The van der Waals surface area contributed by atoms with Crippen molar-refractivity contribution in [3.05, 3.63) is 34.9 Å². The smallest absolute Gasteiger partial charge is 0.306 e. The molecular weight excluding hydrogens is 200 g/mol. The minimum atomic E-state index is -0.235. The van der Waals surface area contributed by atoms with Crippen molar-refractivity contribution in [1.82, 2.24) is 0 Å². The lowest BCUT2D eigenvalue weighted by Crippen LogP contribution is -2.07. The Kier molecular flexibility index (Phi) is 3.96. The Morgan fingerprint density at radius 3 is 2.86 bits per heavy atom. The maximum atomic E-state index is 11.0. The van der Waals surface area contributed by atoms with Gasteiger partial charge in [0.2, 0.25) is 0 Å². The molecule has 0 fully saturated rings. The fraction of sp³-hybridized carbons (Fsp3) is 0.364. The highest BCUT2D eigenvalue weighted by Gasteiger charge is 2.09. The Balaban J connectivity index is 2.69. The molecule has 0 heterocycles. The Morgan fingerprint density at radius 2 is 2.29 bits per heavy atom. The summed E-state index contributed by atoms with van der Waals surface area (Å²) in [5.74, 6) is -0.197. The third kappa shape index (κ3) is 3.04. The van der Waals surface area contributed by atoms with E-state index >= 15 is 0 Å². The van der Waals surface area contributed by atoms with Crippen LogP contribution in [0.1, 0.15) is 31.9 Å². The van der Waals surface area contributed by atoms with Crippen molar-refractivity contribution >= 4 is 17.6 Å². The molecule has 1 aromatic carbocycles. The highest BCUT2D eigenvalue weighted by Crippen LogP contribution is 2.20. The fourth-order valence-corrected chi connectivity index (χ4v) is 1.31. The molecule has 0 radical (unpaired) electrons. The Labute approximate surface area is 88.8 Å². The van der Waals surface area contributed by atoms with Crippen LogP contribution < -0.4 is 0 Å². The third-order valence-corrected chi connectivity index (χ3v) is 2.15. The number of halogens is 1. The minimum Gasteiger partial charge on any atom is -0.458 e. The predicted molar refractivity (Wildman–Crippen MR) is 56.3 cm³/mol. The van der Waals surface area contributed by atoms with Crippen LogP contribution in [0.15, 0.2) is 24.3 Å². The number of esters is 1. The van der Waals surface area contributed by atoms with Gasteiger partial charge < -0.3 is 4.74 Å². The van der Waals surface area contributed by atoms with Crippen LogP contribution in [0, 0.1) is 0 Å². The van der Waals surface area contributed by atoms with Gasteiger partial charge in [-0.25, -0.2) is 0 Å². The molecule has 1 atom stereocenters. The summed E-state index contributed by atoms with van der Waals surface area (Å²) < 4.78 is 5.14. The quantitative estimate of drug-likeness (QED) is 0.719. The van der Waals surface area contributed by atoms with Crippen molar-refractivity contribution in [3.8, 4) is 0 Å². The predicted octanol–water partition coefficient (Wildman–Crippen LogP) is 3.35. The van der Waals surface area contributed by atoms with Gasteiger partial charge in [0.1, 0.15) is 6.10 Å². The first-order valence-corrected chi connectivity index (χ1v) is 4.96. The lowest BCUT2D eigenvalue weighted by atomic mass is 10.1. The molecule has 0 amide bonds. The number of rotatable bonds is 3. The van der Waals surface area contributed by atoms with Crippen LogP contribution in [0.2, 0.25) is 5.02 Å². The van der Waals surface area contributed by atoms with E-state index in [-0.39, 0.29) is 12.1 Å². The summed E-state index contributed by atoms with van der Waals surface area (Å²) >= 11 is 5.82. The van der Waals surface area contributed by atoms with Gasteiger partial charge in [0.25, 0.3) is 0 Å². The number of carbonyl (C=O) groups excluding carboxylic acids is 1. The Morgan fingerprint density at radius 1 is 1.57 bits per heavy atom. The van der Waals surface area contributed by atoms with Crippen LogP contribution >= 0.6 is 11.6 Å². The first kappa shape index (κ1) is 11.1. The molecule has 2 nitrogen and oxygen atoms in total. The van der Waals surface area contributed by atoms with E-state index in [4.69, 9.17) is 16.3 Å². The molecule has 0 unspecified atom stereocenters. The van der Waals surface area contributed by atoms with Crippen LogP contribution in [-0.4, -0.2) is 5.97 Å². The van der Waals surface area contributed by atoms with E-state index < -0.39 is 0 Å². The molecule has 3 heteroatoms. The SMILES string of the molecule is CCC(=O)O[C@H](C)c1cccc(Cl)c1. The van der Waals surface area contributed by atoms with Gasteiger partial charge in [0, 0.05) is 11.4 Å². The van der Waals surface area contributed by atoms with Crippen LogP contribution in [0.25, 0.3) is 0 Å². The van der Waals surface area contributed by atoms with E-state index in [0.29, 0.717) is 11.4 Å². The van der Waals surface area contributed by atoms with Crippen LogP contribution in [0.5, 0.6) is 0 Å². The van der Waals surface area contributed by atoms with Crippen molar-refractivity contribution in [2.24, 2.45) is 0 Å². The lowest BCUT2D eigenvalue weighted by molar-refractivity contribution is -0.148. The molecule has 0 aliphatic rings. The average Bonchev–Trinajstić information content (AvgIpc) is 2.17. The molecule has 14 heavy (non-hydrogen) atoms. The number of benzene rings is 1. The molecule has 0 N–H and O–H groups in total. The van der Waals surface area contributed by atoms with E-state index in [1.54, 1.807) is 19.1 Å². The molecule has 76 valence electrons. The van der Waals surface area contributed by atoms with Crippen molar-refractivity contribution in [2.45, 2.75) is 26.4 Å². The molecule has 0 aliphatic carbocycles. The summed E-state index contributed by atoms with van der Waals surface area (Å²) in [6.45, 7) is 3.60. The molecule has 0 saturated carbocycles. The molecule has 1 aromatic rings. The average molecular weight is 213 g/mol. The van der Waals surface area contributed by atoms with Gasteiger partial charge in [-0.1, -0.05) is 30.7 Å². The highest BCUT2D eigenvalue weighted by molar-refractivity contribution is 6.30. The normalized spacial score (nSPS) is 12.2. The summed E-state index contributed by atoms with van der Waals surface area (Å²) in [4.78, 5) is 11.0. The van der Waals surface area contributed by atoms with E-state index in [0.717, 1.165) is 5.56 Å². The number of carbonyl (C=O) groups is 1. The molecule has 0 spiro atoms. The van der Waals surface area contributed by atoms with Crippen LogP contribution in [-0.2, 0) is 9.53 Å². The summed E-state index contributed by atoms with van der Waals surface area (Å²) in [5, 5.41) is 0.655. The monoisotopic (exact) mass is 212 g/mol. The van der Waals surface area contributed by atoms with Crippen LogP contribution in [0.3, 0.4) is 0 Å². The first-order valence-electron chi connectivity index (χ1n) is 4.58. The zero-order chi connectivity index (χ0) is 10.6. The van der Waals surface area contributed by atoms with E-state index in [1.165, 1.54) is 0 Å². The van der Waals surface area contributed by atoms with Crippen molar-refractivity contribution in [1.29, 1.82) is 0 Å². The maximum absolute atomic E-state index is 11.0. The third-order valence-electron chi connectivity index (χ3n) is 1.91. The van der Waals surface area contributed by atoms with Gasteiger partial charge in [-0.2, -0.15) is 0 Å². The minimum absolute atomic E-state index is 0.197. The molecule has 0 saturated heterocycles. The molecule has 0 aliphatic heterocycles. The summed E-state index contributed by atoms with van der Waals surface area (Å²) in [5.41, 5.74) is 0.916. The Bertz CT molecular complexity index is 323. The summed E-state index contributed by atoms with van der Waals surface area (Å²) in [6, 6.07) is 7.32. The standard InChI is InChI=1S/C11H13ClO2/c1-3-11(13)14-8(2)9-5-4-6-10(12)7-9/h4-8H,3H2,1-2H3/t8-/m1/s1. The summed E-state index contributed by atoms with van der Waals surface area (Å²) in [7, 11) is 0. The molecular formula is C11H13ClO2. The Hall–Kier alpha value is -1.02. The molecule has 1 rings (SSSR count). The van der Waals surface area contributed by atoms with Crippen molar-refractivity contribution in [3.63, 3.8) is 0 Å². The van der Waals surface area contributed by atoms with Gasteiger partial charge in [-0.05, 0) is 24.6 Å². The topological polar surface area (TPSA) is 26.3 Å². The lowest BCUT2D eigenvalue weighted by Gasteiger charge is -2.12. The number of hydrogen-bond acceptors (Lipinski definition) is 2. The van der Waals surface area contributed by atoms with E-state index in [9.17, 15) is 4.79 Å². The second-order valence-electron chi connectivity index (χ2n) is 3.04. The van der Waals surface area contributed by atoms with E-state index in [2.05, 4.69) is 0 Å². The second-order valence-corrected chi connectivity index (χ2v) is 3.48. The zero-order valence-corrected chi connectivity index (χ0v) is 9.04. The largest absolute Gasteiger partial charge is 0.458 e. The molecule has 0 bridgehead atoms. The van der Waals surface area contributed by atoms with Crippen LogP contribution in [0.4, 0.5) is 0 Å². The van der Waals surface area contributed by atoms with Gasteiger partial charge >= 0.3 is 5.97 Å². The highest BCUT2D eigenvalue weighted by atomic mass is 35.5. The van der Waals surface area contributed by atoms with Gasteiger partial charge in [-0.3, -0.25) is 4.79 Å². The molecule has 0 aromatic heterocycles. The van der Waals surface area contributed by atoms with Crippen molar-refractivity contribution < 1.29 is 9.53 Å². The maximum Gasteiger partial charge on any atom is 0.306 e. The van der Waals surface area contributed by atoms with Gasteiger partial charge in [-0.15, -0.1) is 0 Å². The zero-order valence-electron chi connectivity index (χ0n) is 8.29. The summed E-state index contributed by atoms with van der Waals surface area (Å²) in [6.07, 6.45) is 0.159. The van der Waals surface area contributed by atoms with E-state index in [1.807, 2.05) is 19.1 Å². The van der Waals surface area contributed by atoms with Crippen molar-refractivity contribution in [2.75, 3.05) is 0 Å². The van der Waals surface area contributed by atoms with Gasteiger partial charge in [0.05, 0.1) is 0 Å². The van der Waals surface area contributed by atoms with Gasteiger partial charge in [0.15, 0.2) is 0 Å².